The van der Waals surface area contributed by atoms with Crippen molar-refractivity contribution >= 4 is 44.4 Å². The lowest BCUT2D eigenvalue weighted by Gasteiger charge is -2.25. The van der Waals surface area contributed by atoms with Gasteiger partial charge in [0.2, 0.25) is 0 Å². The molecule has 0 unspecified atom stereocenters. The minimum atomic E-state index is -0.719. The monoisotopic (exact) mass is 435 g/mol. The molecule has 0 aliphatic heterocycles. The van der Waals surface area contributed by atoms with Gasteiger partial charge in [0.15, 0.2) is 10.9 Å². The number of anilines is 1. The van der Waals surface area contributed by atoms with Crippen molar-refractivity contribution < 1.29 is 13.6 Å². The lowest BCUT2D eigenvalue weighted by atomic mass is 10.2. The highest BCUT2D eigenvalue weighted by atomic mass is 32.2. The van der Waals surface area contributed by atoms with Crippen molar-refractivity contribution in [3.8, 4) is 0 Å². The van der Waals surface area contributed by atoms with Crippen LogP contribution >= 0.6 is 23.1 Å². The van der Waals surface area contributed by atoms with Gasteiger partial charge < -0.3 is 4.90 Å². The number of halogens is 2. The second-order valence-electron chi connectivity index (χ2n) is 6.41. The number of aromatic nitrogens is 1. The molecule has 1 aromatic heterocycles. The maximum Gasteiger partial charge on any atom is 0.261 e. The van der Waals surface area contributed by atoms with E-state index in [9.17, 15) is 13.6 Å². The topological polar surface area (TPSA) is 36.4 Å². The van der Waals surface area contributed by atoms with E-state index in [2.05, 4.69) is 23.7 Å². The summed E-state index contributed by atoms with van der Waals surface area (Å²) < 4.78 is 28.2. The Morgan fingerprint density at radius 2 is 1.86 bits per heavy atom. The quantitative estimate of drug-likeness (QED) is 0.451. The third-order valence-corrected chi connectivity index (χ3v) is 6.57. The first-order valence-corrected chi connectivity index (χ1v) is 11.4. The number of carbonyl (C=O) groups is 1. The summed E-state index contributed by atoms with van der Waals surface area (Å²) >= 11 is 2.62. The Hall–Kier alpha value is -2.03. The number of amides is 1. The van der Waals surface area contributed by atoms with Crippen LogP contribution in [0.3, 0.4) is 0 Å². The Morgan fingerprint density at radius 1 is 1.14 bits per heavy atom. The first-order valence-electron chi connectivity index (χ1n) is 9.41. The van der Waals surface area contributed by atoms with E-state index in [-0.39, 0.29) is 11.4 Å². The number of likely N-dealkylation sites (N-methyl/N-ethyl adjacent to an activating group) is 1. The molecule has 0 aliphatic carbocycles. The number of fused-ring (bicyclic) bond motifs is 1. The van der Waals surface area contributed by atoms with Gasteiger partial charge in [0.05, 0.1) is 10.3 Å². The third-order valence-electron chi connectivity index (χ3n) is 4.75. The highest BCUT2D eigenvalue weighted by molar-refractivity contribution is 7.98. The van der Waals surface area contributed by atoms with Gasteiger partial charge in [-0.3, -0.25) is 9.69 Å². The Balaban J connectivity index is 2.03. The molecule has 3 aromatic rings. The lowest BCUT2D eigenvalue weighted by molar-refractivity contribution is 0.0981. The molecular formula is C21H23F2N3OS2. The maximum absolute atomic E-state index is 14.2. The molecule has 2 aromatic carbocycles. The predicted molar refractivity (Wildman–Crippen MR) is 117 cm³/mol. The standard InChI is InChI=1S/C21H23F2N3OS2/c1-4-25(5-2)10-11-26(20(27)15-8-6-7-9-17(15)28-3)21-24-19-16(23)12-14(22)13-18(19)29-21/h6-9,12-13H,4-5,10-11H2,1-3H3. The van der Waals surface area contributed by atoms with Crippen LogP contribution in [-0.4, -0.2) is 48.2 Å². The number of hydrogen-bond donors (Lipinski definition) is 0. The smallest absolute Gasteiger partial charge is 0.261 e. The maximum atomic E-state index is 14.2. The van der Waals surface area contributed by atoms with Gasteiger partial charge in [-0.2, -0.15) is 0 Å². The SMILES string of the molecule is CCN(CC)CCN(C(=O)c1ccccc1SC)c1nc2c(F)cc(F)cc2s1. The number of rotatable bonds is 8. The number of hydrogen-bond acceptors (Lipinski definition) is 5. The zero-order chi connectivity index (χ0) is 21.0. The van der Waals surface area contributed by atoms with E-state index in [1.165, 1.54) is 17.8 Å². The summed E-state index contributed by atoms with van der Waals surface area (Å²) in [6.07, 6.45) is 1.92. The van der Waals surface area contributed by atoms with Crippen LogP contribution in [0.15, 0.2) is 41.3 Å². The van der Waals surface area contributed by atoms with E-state index in [1.807, 2.05) is 24.5 Å². The molecule has 0 atom stereocenters. The van der Waals surface area contributed by atoms with Crippen molar-refractivity contribution in [1.29, 1.82) is 0 Å². The summed E-state index contributed by atoms with van der Waals surface area (Å²) in [6.45, 7) is 6.92. The first-order chi connectivity index (χ1) is 14.0. The fourth-order valence-corrected chi connectivity index (χ4v) is 4.71. The largest absolute Gasteiger partial charge is 0.302 e. The second kappa shape index (κ2) is 9.65. The number of nitrogens with zero attached hydrogens (tertiary/aromatic N) is 3. The molecule has 29 heavy (non-hydrogen) atoms. The zero-order valence-corrected chi connectivity index (χ0v) is 18.2. The van der Waals surface area contributed by atoms with Crippen molar-refractivity contribution in [2.75, 3.05) is 37.3 Å². The van der Waals surface area contributed by atoms with E-state index < -0.39 is 11.6 Å². The summed E-state index contributed by atoms with van der Waals surface area (Å²) in [5, 5.41) is 0.373. The Kier molecular flexibility index (Phi) is 7.21. The number of benzene rings is 2. The van der Waals surface area contributed by atoms with Crippen LogP contribution in [0.1, 0.15) is 24.2 Å². The van der Waals surface area contributed by atoms with Gasteiger partial charge in [-0.25, -0.2) is 13.8 Å². The van der Waals surface area contributed by atoms with Crippen LogP contribution < -0.4 is 4.90 Å². The predicted octanol–water partition coefficient (Wildman–Crippen LogP) is 5.29. The molecule has 0 N–H and O–H groups in total. The van der Waals surface area contributed by atoms with Crippen molar-refractivity contribution in [2.45, 2.75) is 18.7 Å². The van der Waals surface area contributed by atoms with Crippen LogP contribution in [0, 0.1) is 11.6 Å². The van der Waals surface area contributed by atoms with Crippen LogP contribution in [-0.2, 0) is 0 Å². The van der Waals surface area contributed by atoms with Crippen molar-refractivity contribution in [3.05, 3.63) is 53.6 Å². The highest BCUT2D eigenvalue weighted by Crippen LogP contribution is 2.33. The van der Waals surface area contributed by atoms with Gasteiger partial charge in [-0.15, -0.1) is 11.8 Å². The van der Waals surface area contributed by atoms with E-state index in [0.717, 1.165) is 35.4 Å². The average molecular weight is 436 g/mol. The molecule has 8 heteroatoms. The summed E-state index contributed by atoms with van der Waals surface area (Å²) in [4.78, 5) is 22.4. The number of carbonyl (C=O) groups excluding carboxylic acids is 1. The Bertz CT molecular complexity index is 1000. The number of thiazole rings is 1. The van der Waals surface area contributed by atoms with Gasteiger partial charge >= 0.3 is 0 Å². The van der Waals surface area contributed by atoms with Crippen molar-refractivity contribution in [3.63, 3.8) is 0 Å². The third kappa shape index (κ3) is 4.76. The van der Waals surface area contributed by atoms with Gasteiger partial charge in [0.25, 0.3) is 5.91 Å². The summed E-state index contributed by atoms with van der Waals surface area (Å²) in [7, 11) is 0. The molecule has 4 nitrogen and oxygen atoms in total. The summed E-state index contributed by atoms with van der Waals surface area (Å²) in [5.74, 6) is -1.57. The van der Waals surface area contributed by atoms with Crippen LogP contribution in [0.2, 0.25) is 0 Å². The van der Waals surface area contributed by atoms with Gasteiger partial charge in [-0.05, 0) is 37.5 Å². The van der Waals surface area contributed by atoms with E-state index in [4.69, 9.17) is 0 Å². The normalized spacial score (nSPS) is 11.4. The highest BCUT2D eigenvalue weighted by Gasteiger charge is 2.24. The van der Waals surface area contributed by atoms with E-state index in [0.29, 0.717) is 28.5 Å². The van der Waals surface area contributed by atoms with Crippen LogP contribution in [0.25, 0.3) is 10.2 Å². The molecular weight excluding hydrogens is 412 g/mol. The fraction of sp³-hybridized carbons (Fsp3) is 0.333. The van der Waals surface area contributed by atoms with Crippen molar-refractivity contribution in [1.82, 2.24) is 9.88 Å². The molecule has 3 rings (SSSR count). The lowest BCUT2D eigenvalue weighted by Crippen LogP contribution is -2.39. The zero-order valence-electron chi connectivity index (χ0n) is 16.6. The second-order valence-corrected chi connectivity index (χ2v) is 8.27. The Morgan fingerprint density at radius 3 is 2.55 bits per heavy atom. The Labute approximate surface area is 177 Å². The molecule has 1 amide bonds. The minimum absolute atomic E-state index is 0.0881. The molecule has 154 valence electrons. The summed E-state index contributed by atoms with van der Waals surface area (Å²) in [6, 6.07) is 9.46. The van der Waals surface area contributed by atoms with E-state index in [1.54, 1.807) is 11.0 Å². The van der Waals surface area contributed by atoms with E-state index >= 15 is 0 Å². The fourth-order valence-electron chi connectivity index (χ4n) is 3.09. The molecule has 0 fully saturated rings. The van der Waals surface area contributed by atoms with Gasteiger partial charge in [-0.1, -0.05) is 37.3 Å². The molecule has 0 aliphatic rings. The van der Waals surface area contributed by atoms with Crippen LogP contribution in [0.4, 0.5) is 13.9 Å². The molecule has 0 radical (unpaired) electrons. The van der Waals surface area contributed by atoms with Gasteiger partial charge in [0.1, 0.15) is 11.3 Å². The average Bonchev–Trinajstić information content (AvgIpc) is 3.14. The molecule has 0 saturated heterocycles. The molecule has 0 bridgehead atoms. The first kappa shape index (κ1) is 21.7. The molecule has 0 spiro atoms. The molecule has 1 heterocycles. The van der Waals surface area contributed by atoms with Gasteiger partial charge in [0, 0.05) is 24.1 Å². The molecule has 0 saturated carbocycles. The van der Waals surface area contributed by atoms with Crippen molar-refractivity contribution in [2.24, 2.45) is 0 Å². The van der Waals surface area contributed by atoms with Crippen LogP contribution in [0.5, 0.6) is 0 Å². The number of thioether (sulfide) groups is 1. The summed E-state index contributed by atoms with van der Waals surface area (Å²) in [5.41, 5.74) is 0.663. The minimum Gasteiger partial charge on any atom is -0.302 e.